The summed E-state index contributed by atoms with van der Waals surface area (Å²) in [6, 6.07) is 7.88. The number of hydrogen-bond donors (Lipinski definition) is 1. The van der Waals surface area contributed by atoms with Crippen LogP contribution in [0.15, 0.2) is 30.6 Å². The topological polar surface area (TPSA) is 42.8 Å². The molecule has 0 radical (unpaired) electrons. The molecule has 1 heterocycles. The van der Waals surface area contributed by atoms with E-state index in [1.165, 1.54) is 0 Å². The van der Waals surface area contributed by atoms with Crippen LogP contribution in [-0.2, 0) is 6.54 Å². The zero-order valence-corrected chi connectivity index (χ0v) is 9.12. The molecule has 0 saturated heterocycles. The zero-order chi connectivity index (χ0) is 10.7. The third-order valence-electron chi connectivity index (χ3n) is 2.11. The molecular formula is C10H11N3OS. The molecule has 2 rings (SSSR count). The van der Waals surface area contributed by atoms with Crippen LogP contribution < -0.4 is 4.74 Å². The molecule has 0 aliphatic heterocycles. The molecule has 0 fully saturated rings. The van der Waals surface area contributed by atoms with Crippen LogP contribution in [0.4, 0.5) is 0 Å². The molecule has 1 aromatic carbocycles. The summed E-state index contributed by atoms with van der Waals surface area (Å²) in [5.41, 5.74) is 1.13. The second-order valence-corrected chi connectivity index (χ2v) is 3.53. The lowest BCUT2D eigenvalue weighted by Crippen LogP contribution is -1.98. The van der Waals surface area contributed by atoms with Crippen molar-refractivity contribution in [3.63, 3.8) is 0 Å². The van der Waals surface area contributed by atoms with Gasteiger partial charge in [0.15, 0.2) is 4.77 Å². The molecule has 0 atom stereocenters. The van der Waals surface area contributed by atoms with Crippen LogP contribution in [0.2, 0.25) is 0 Å². The summed E-state index contributed by atoms with van der Waals surface area (Å²) in [7, 11) is 1.66. The van der Waals surface area contributed by atoms with Gasteiger partial charge in [-0.3, -0.25) is 5.10 Å². The number of rotatable bonds is 3. The number of hydrogen-bond acceptors (Lipinski definition) is 3. The van der Waals surface area contributed by atoms with E-state index in [-0.39, 0.29) is 0 Å². The summed E-state index contributed by atoms with van der Waals surface area (Å²) >= 11 is 5.06. The van der Waals surface area contributed by atoms with Crippen LogP contribution in [0.5, 0.6) is 5.75 Å². The quantitative estimate of drug-likeness (QED) is 0.806. The maximum atomic E-state index is 5.15. The lowest BCUT2D eigenvalue weighted by molar-refractivity contribution is 0.414. The van der Waals surface area contributed by atoms with Crippen molar-refractivity contribution >= 4 is 12.2 Å². The molecular weight excluding hydrogens is 210 g/mol. The van der Waals surface area contributed by atoms with Crippen molar-refractivity contribution in [1.29, 1.82) is 0 Å². The SMILES string of the molecule is COc1cccc(Cn2cn[nH]c2=S)c1. The van der Waals surface area contributed by atoms with Crippen molar-refractivity contribution in [2.24, 2.45) is 0 Å². The molecule has 0 amide bonds. The van der Waals surface area contributed by atoms with Gasteiger partial charge in [-0.2, -0.15) is 5.10 Å². The summed E-state index contributed by atoms with van der Waals surface area (Å²) in [6.07, 6.45) is 1.68. The highest BCUT2D eigenvalue weighted by Gasteiger charge is 1.98. The number of methoxy groups -OCH3 is 1. The van der Waals surface area contributed by atoms with E-state index in [1.54, 1.807) is 13.4 Å². The van der Waals surface area contributed by atoms with Gasteiger partial charge in [0.25, 0.3) is 0 Å². The van der Waals surface area contributed by atoms with Gasteiger partial charge in [0.2, 0.25) is 0 Å². The van der Waals surface area contributed by atoms with E-state index in [0.717, 1.165) is 11.3 Å². The molecule has 78 valence electrons. The summed E-state index contributed by atoms with van der Waals surface area (Å²) < 4.78 is 7.63. The van der Waals surface area contributed by atoms with Crippen LogP contribution in [0.25, 0.3) is 0 Å². The molecule has 5 heteroatoms. The van der Waals surface area contributed by atoms with Gasteiger partial charge in [-0.1, -0.05) is 12.1 Å². The fourth-order valence-corrected chi connectivity index (χ4v) is 1.51. The number of ether oxygens (including phenoxy) is 1. The van der Waals surface area contributed by atoms with Gasteiger partial charge in [0.05, 0.1) is 13.7 Å². The predicted octanol–water partition coefficient (Wildman–Crippen LogP) is 2.00. The van der Waals surface area contributed by atoms with Gasteiger partial charge in [0.1, 0.15) is 12.1 Å². The first-order chi connectivity index (χ1) is 7.29. The molecule has 1 N–H and O–H groups in total. The maximum absolute atomic E-state index is 5.15. The zero-order valence-electron chi connectivity index (χ0n) is 8.30. The van der Waals surface area contributed by atoms with E-state index in [4.69, 9.17) is 17.0 Å². The van der Waals surface area contributed by atoms with Crippen molar-refractivity contribution in [2.75, 3.05) is 7.11 Å². The fourth-order valence-electron chi connectivity index (χ4n) is 1.35. The molecule has 0 aliphatic carbocycles. The minimum atomic E-state index is 0.623. The third-order valence-corrected chi connectivity index (χ3v) is 2.43. The Hall–Kier alpha value is -1.62. The van der Waals surface area contributed by atoms with E-state index in [1.807, 2.05) is 28.8 Å². The number of aromatic nitrogens is 3. The van der Waals surface area contributed by atoms with E-state index >= 15 is 0 Å². The van der Waals surface area contributed by atoms with Gasteiger partial charge in [-0.15, -0.1) is 0 Å². The Kier molecular flexibility index (Phi) is 2.82. The van der Waals surface area contributed by atoms with E-state index < -0.39 is 0 Å². The largest absolute Gasteiger partial charge is 0.497 e. The van der Waals surface area contributed by atoms with Crippen LogP contribution >= 0.6 is 12.2 Å². The van der Waals surface area contributed by atoms with E-state index in [0.29, 0.717) is 11.3 Å². The summed E-state index contributed by atoms with van der Waals surface area (Å²) in [4.78, 5) is 0. The van der Waals surface area contributed by atoms with Gasteiger partial charge in [-0.25, -0.2) is 0 Å². The van der Waals surface area contributed by atoms with Crippen molar-refractivity contribution in [3.05, 3.63) is 40.9 Å². The van der Waals surface area contributed by atoms with Crippen LogP contribution in [0, 0.1) is 4.77 Å². The monoisotopic (exact) mass is 221 g/mol. The Balaban J connectivity index is 2.24. The van der Waals surface area contributed by atoms with Crippen molar-refractivity contribution < 1.29 is 4.74 Å². The lowest BCUT2D eigenvalue weighted by Gasteiger charge is -2.04. The van der Waals surface area contributed by atoms with Crippen LogP contribution in [0.3, 0.4) is 0 Å². The molecule has 0 saturated carbocycles. The average Bonchev–Trinajstić information content (AvgIpc) is 2.65. The molecule has 2 aromatic rings. The van der Waals surface area contributed by atoms with Crippen molar-refractivity contribution in [2.45, 2.75) is 6.54 Å². The summed E-state index contributed by atoms with van der Waals surface area (Å²) in [5.74, 6) is 0.850. The first kappa shape index (κ1) is 9.92. The van der Waals surface area contributed by atoms with Gasteiger partial charge in [-0.05, 0) is 29.9 Å². The molecule has 4 nitrogen and oxygen atoms in total. The van der Waals surface area contributed by atoms with Crippen LogP contribution in [0.1, 0.15) is 5.56 Å². The normalized spacial score (nSPS) is 10.2. The van der Waals surface area contributed by atoms with Crippen molar-refractivity contribution in [1.82, 2.24) is 14.8 Å². The molecule has 0 aliphatic rings. The lowest BCUT2D eigenvalue weighted by atomic mass is 10.2. The number of nitrogens with one attached hydrogen (secondary N) is 1. The standard InChI is InChI=1S/C10H11N3OS/c1-14-9-4-2-3-8(5-9)6-13-7-11-12-10(13)15/h2-5,7H,6H2,1H3,(H,12,15). The maximum Gasteiger partial charge on any atom is 0.195 e. The summed E-state index contributed by atoms with van der Waals surface area (Å²) in [6.45, 7) is 0.701. The minimum absolute atomic E-state index is 0.623. The first-order valence-electron chi connectivity index (χ1n) is 4.52. The van der Waals surface area contributed by atoms with Crippen molar-refractivity contribution in [3.8, 4) is 5.75 Å². The number of nitrogens with zero attached hydrogens (tertiary/aromatic N) is 2. The number of H-pyrrole nitrogens is 1. The summed E-state index contributed by atoms with van der Waals surface area (Å²) in [5, 5.41) is 6.58. The highest BCUT2D eigenvalue weighted by atomic mass is 32.1. The Labute approximate surface area is 92.5 Å². The third kappa shape index (κ3) is 2.24. The predicted molar refractivity (Wildman–Crippen MR) is 59.5 cm³/mol. The molecule has 0 bridgehead atoms. The Morgan fingerprint density at radius 2 is 2.40 bits per heavy atom. The van der Waals surface area contributed by atoms with E-state index in [2.05, 4.69) is 10.2 Å². The first-order valence-corrected chi connectivity index (χ1v) is 4.93. The highest BCUT2D eigenvalue weighted by molar-refractivity contribution is 7.71. The van der Waals surface area contributed by atoms with Gasteiger partial charge < -0.3 is 9.30 Å². The molecule has 15 heavy (non-hydrogen) atoms. The molecule has 0 spiro atoms. The number of benzene rings is 1. The Morgan fingerprint density at radius 3 is 3.07 bits per heavy atom. The molecule has 0 unspecified atom stereocenters. The molecule has 1 aromatic heterocycles. The Bertz CT molecular complexity index is 503. The Morgan fingerprint density at radius 1 is 1.53 bits per heavy atom. The second kappa shape index (κ2) is 4.27. The van der Waals surface area contributed by atoms with E-state index in [9.17, 15) is 0 Å². The smallest absolute Gasteiger partial charge is 0.195 e. The average molecular weight is 221 g/mol. The second-order valence-electron chi connectivity index (χ2n) is 3.14. The highest BCUT2D eigenvalue weighted by Crippen LogP contribution is 2.13. The number of aromatic amines is 1. The minimum Gasteiger partial charge on any atom is -0.497 e. The van der Waals surface area contributed by atoms with Gasteiger partial charge in [0, 0.05) is 0 Å². The van der Waals surface area contributed by atoms with Gasteiger partial charge >= 0.3 is 0 Å². The van der Waals surface area contributed by atoms with Crippen LogP contribution in [-0.4, -0.2) is 21.9 Å². The fraction of sp³-hybridized carbons (Fsp3) is 0.200.